The monoisotopic (exact) mass is 736 g/mol. The van der Waals surface area contributed by atoms with E-state index in [1.807, 2.05) is 60.3 Å². The summed E-state index contributed by atoms with van der Waals surface area (Å²) in [5.74, 6) is 3.39. The predicted octanol–water partition coefficient (Wildman–Crippen LogP) is 1.65. The normalized spacial score (nSPS) is 13.6. The van der Waals surface area contributed by atoms with Gasteiger partial charge in [-0.2, -0.15) is 8.42 Å². The Kier molecular flexibility index (Phi) is 16.5. The number of hydrogen-bond donors (Lipinski definition) is 4. The molecule has 0 atom stereocenters. The lowest BCUT2D eigenvalue weighted by atomic mass is 10.2. The lowest BCUT2D eigenvalue weighted by Crippen LogP contribution is -2.42. The maximum Gasteiger partial charge on any atom is 0.394 e. The van der Waals surface area contributed by atoms with E-state index in [0.717, 1.165) is 11.1 Å². The fraction of sp³-hybridized carbons (Fsp3) is 0.375. The molecule has 0 saturated heterocycles. The highest BCUT2D eigenvalue weighted by atomic mass is 32.3. The molecule has 0 aliphatic carbocycles. The van der Waals surface area contributed by atoms with Crippen molar-refractivity contribution in [3.05, 3.63) is 71.1 Å². The molecule has 2 aromatic carbocycles. The molecule has 2 heterocycles. The Hall–Kier alpha value is -5.53. The molecule has 0 bridgehead atoms. The maximum atomic E-state index is 11.5. The van der Waals surface area contributed by atoms with Gasteiger partial charge in [0.25, 0.3) is 0 Å². The van der Waals surface area contributed by atoms with E-state index in [1.165, 1.54) is 26.6 Å². The number of likely N-dealkylation sites (N-methyl/N-ethyl adjacent to an activating group) is 2. The summed E-state index contributed by atoms with van der Waals surface area (Å²) in [7, 11) is 8.18. The van der Waals surface area contributed by atoms with Crippen LogP contribution >= 0.6 is 0 Å². The van der Waals surface area contributed by atoms with E-state index in [4.69, 9.17) is 45.9 Å². The number of guanidine groups is 2. The van der Waals surface area contributed by atoms with Gasteiger partial charge in [-0.25, -0.2) is 19.6 Å². The number of ether oxygens (including phenoxy) is 6. The molecule has 280 valence electrons. The molecule has 2 aliphatic heterocycles. The molecule has 19 heteroatoms. The van der Waals surface area contributed by atoms with Crippen molar-refractivity contribution in [1.82, 2.24) is 20.4 Å². The SMILES string of the molecule is COC(=O)C1=CN=C(NCc2ccc(OC)c(OC)c2)N(C)C1.COC(=O)C1=CN=C(NCc2ccc(OC)c(OC)c2)N(C)C1.O=S(=O)(O)O. The molecule has 0 aromatic heterocycles. The maximum absolute atomic E-state index is 11.5. The van der Waals surface area contributed by atoms with E-state index in [9.17, 15) is 9.59 Å². The Morgan fingerprint density at radius 3 is 1.27 bits per heavy atom. The minimum Gasteiger partial charge on any atom is -0.493 e. The van der Waals surface area contributed by atoms with Gasteiger partial charge < -0.3 is 48.9 Å². The lowest BCUT2D eigenvalue weighted by molar-refractivity contribution is -0.137. The summed E-state index contributed by atoms with van der Waals surface area (Å²) in [6, 6.07) is 11.4. The zero-order valence-electron chi connectivity index (χ0n) is 29.6. The van der Waals surface area contributed by atoms with Crippen molar-refractivity contribution in [3.63, 3.8) is 0 Å². The molecule has 51 heavy (non-hydrogen) atoms. The van der Waals surface area contributed by atoms with Gasteiger partial charge in [-0.3, -0.25) is 9.11 Å². The zero-order valence-corrected chi connectivity index (χ0v) is 30.4. The van der Waals surface area contributed by atoms with Crippen molar-refractivity contribution in [3.8, 4) is 23.0 Å². The van der Waals surface area contributed by atoms with Gasteiger partial charge in [0, 0.05) is 39.6 Å². The molecular formula is C32H44N6O12S. The average Bonchev–Trinajstić information content (AvgIpc) is 3.12. The quantitative estimate of drug-likeness (QED) is 0.201. The third-order valence-corrected chi connectivity index (χ3v) is 6.92. The number of nitrogens with one attached hydrogen (secondary N) is 2. The van der Waals surface area contributed by atoms with Crippen LogP contribution in [0.25, 0.3) is 0 Å². The van der Waals surface area contributed by atoms with Crippen LogP contribution in [0.5, 0.6) is 23.0 Å². The topological polar surface area (TPSA) is 219 Å². The Labute approximate surface area is 296 Å². The summed E-state index contributed by atoms with van der Waals surface area (Å²) in [4.78, 5) is 35.2. The first-order chi connectivity index (χ1) is 24.2. The Balaban J connectivity index is 0.000000312. The van der Waals surface area contributed by atoms with Gasteiger partial charge in [-0.05, 0) is 35.4 Å². The van der Waals surface area contributed by atoms with Crippen LogP contribution in [0.15, 0.2) is 69.9 Å². The number of aliphatic imine (C=N–C) groups is 2. The molecule has 18 nitrogen and oxygen atoms in total. The third-order valence-electron chi connectivity index (χ3n) is 6.92. The van der Waals surface area contributed by atoms with Gasteiger partial charge in [-0.15, -0.1) is 0 Å². The molecule has 2 aliphatic rings. The van der Waals surface area contributed by atoms with Gasteiger partial charge in [0.15, 0.2) is 34.9 Å². The van der Waals surface area contributed by atoms with Gasteiger partial charge in [0.1, 0.15) is 0 Å². The van der Waals surface area contributed by atoms with Crippen LogP contribution in [0.4, 0.5) is 0 Å². The summed E-state index contributed by atoms with van der Waals surface area (Å²) < 4.78 is 62.0. The molecule has 0 amide bonds. The van der Waals surface area contributed by atoms with Gasteiger partial charge >= 0.3 is 22.3 Å². The van der Waals surface area contributed by atoms with Crippen molar-refractivity contribution >= 4 is 34.3 Å². The summed E-state index contributed by atoms with van der Waals surface area (Å²) >= 11 is 0. The summed E-state index contributed by atoms with van der Waals surface area (Å²) in [5.41, 5.74) is 3.10. The van der Waals surface area contributed by atoms with Crippen LogP contribution < -0.4 is 29.6 Å². The highest BCUT2D eigenvalue weighted by molar-refractivity contribution is 7.79. The van der Waals surface area contributed by atoms with Gasteiger partial charge in [0.05, 0.1) is 66.9 Å². The zero-order chi connectivity index (χ0) is 38.1. The fourth-order valence-electron chi connectivity index (χ4n) is 4.42. The predicted molar refractivity (Wildman–Crippen MR) is 187 cm³/mol. The first-order valence-electron chi connectivity index (χ1n) is 14.9. The van der Waals surface area contributed by atoms with E-state index in [-0.39, 0.29) is 11.9 Å². The highest BCUT2D eigenvalue weighted by Gasteiger charge is 2.20. The second-order valence-electron chi connectivity index (χ2n) is 10.4. The fourth-order valence-corrected chi connectivity index (χ4v) is 4.42. The molecule has 4 rings (SSSR count). The molecule has 4 N–H and O–H groups in total. The van der Waals surface area contributed by atoms with Crippen molar-refractivity contribution in [2.75, 3.05) is 69.8 Å². The summed E-state index contributed by atoms with van der Waals surface area (Å²) in [6.07, 6.45) is 3.06. The van der Waals surface area contributed by atoms with Crippen molar-refractivity contribution < 1.29 is 55.5 Å². The number of nitrogens with zero attached hydrogens (tertiary/aromatic N) is 4. The van der Waals surface area contributed by atoms with Crippen LogP contribution in [-0.2, 0) is 42.6 Å². The number of esters is 2. The van der Waals surface area contributed by atoms with E-state index in [0.29, 0.717) is 72.2 Å². The summed E-state index contributed by atoms with van der Waals surface area (Å²) in [6.45, 7) is 2.05. The van der Waals surface area contributed by atoms with E-state index in [2.05, 4.69) is 20.6 Å². The van der Waals surface area contributed by atoms with Crippen molar-refractivity contribution in [1.29, 1.82) is 0 Å². The largest absolute Gasteiger partial charge is 0.493 e. The molecule has 0 fully saturated rings. The standard InChI is InChI=1S/2C16H21N3O4.H2O4S/c2*1-19-10-12(15(20)23-4)9-18-16(19)17-8-11-5-6-13(21-2)14(7-11)22-3;1-5(2,3)4/h2*5-7,9H,8,10H2,1-4H3,(H,17,18);(H2,1,2,3,4). The second-order valence-corrected chi connectivity index (χ2v) is 11.3. The first-order valence-corrected chi connectivity index (χ1v) is 16.3. The molecule has 0 unspecified atom stereocenters. The second kappa shape index (κ2) is 20.2. The first kappa shape index (κ1) is 41.6. The minimum atomic E-state index is -4.67. The smallest absolute Gasteiger partial charge is 0.394 e. The van der Waals surface area contributed by atoms with Gasteiger partial charge in [0.2, 0.25) is 0 Å². The van der Waals surface area contributed by atoms with Crippen LogP contribution in [-0.4, -0.2) is 121 Å². The average molecular weight is 737 g/mol. The van der Waals surface area contributed by atoms with Crippen molar-refractivity contribution in [2.45, 2.75) is 13.1 Å². The van der Waals surface area contributed by atoms with E-state index < -0.39 is 10.4 Å². The Bertz CT molecular complexity index is 1620. The number of carbonyl (C=O) groups is 2. The number of hydrogen-bond acceptors (Lipinski definition) is 16. The Morgan fingerprint density at radius 1 is 0.667 bits per heavy atom. The lowest BCUT2D eigenvalue weighted by Gasteiger charge is -2.25. The molecule has 0 spiro atoms. The molecule has 2 aromatic rings. The van der Waals surface area contributed by atoms with E-state index >= 15 is 0 Å². The van der Waals surface area contributed by atoms with Crippen molar-refractivity contribution in [2.24, 2.45) is 9.98 Å². The number of methoxy groups -OCH3 is 6. The molecule has 0 radical (unpaired) electrons. The number of benzene rings is 2. The Morgan fingerprint density at radius 2 is 1.00 bits per heavy atom. The van der Waals surface area contributed by atoms with Crippen LogP contribution in [0.2, 0.25) is 0 Å². The number of carbonyl (C=O) groups excluding carboxylic acids is 2. The third kappa shape index (κ3) is 13.7. The minimum absolute atomic E-state index is 0.362. The van der Waals surface area contributed by atoms with Gasteiger partial charge in [-0.1, -0.05) is 12.1 Å². The van der Waals surface area contributed by atoms with Crippen LogP contribution in [0.1, 0.15) is 11.1 Å². The highest BCUT2D eigenvalue weighted by Crippen LogP contribution is 2.28. The number of rotatable bonds is 10. The molecular weight excluding hydrogens is 692 g/mol. The van der Waals surface area contributed by atoms with Crippen LogP contribution in [0, 0.1) is 0 Å². The van der Waals surface area contributed by atoms with Crippen LogP contribution in [0.3, 0.4) is 0 Å². The van der Waals surface area contributed by atoms with E-state index in [1.54, 1.807) is 28.4 Å². The molecule has 0 saturated carbocycles. The summed E-state index contributed by atoms with van der Waals surface area (Å²) in [5, 5.41) is 6.47.